The lowest BCUT2D eigenvalue weighted by Crippen LogP contribution is -2.26. The predicted octanol–water partition coefficient (Wildman–Crippen LogP) is 1.84. The highest BCUT2D eigenvalue weighted by Gasteiger charge is 2.22. The van der Waals surface area contributed by atoms with Gasteiger partial charge in [-0.15, -0.1) is 0 Å². The minimum absolute atomic E-state index is 0.194. The van der Waals surface area contributed by atoms with E-state index in [0.717, 1.165) is 23.3 Å². The van der Waals surface area contributed by atoms with Crippen LogP contribution in [0, 0.1) is 0 Å². The van der Waals surface area contributed by atoms with Crippen LogP contribution in [0.4, 0.5) is 11.4 Å². The van der Waals surface area contributed by atoms with Crippen LogP contribution in [0.3, 0.4) is 0 Å². The molecule has 0 bridgehead atoms. The third kappa shape index (κ3) is 3.25. The van der Waals surface area contributed by atoms with Gasteiger partial charge in [-0.3, -0.25) is 0 Å². The van der Waals surface area contributed by atoms with Crippen LogP contribution in [0.1, 0.15) is 40.2 Å². The van der Waals surface area contributed by atoms with Gasteiger partial charge in [0.25, 0.3) is 0 Å². The highest BCUT2D eigenvalue weighted by molar-refractivity contribution is 6.34. The Labute approximate surface area is 109 Å². The molecule has 1 aromatic rings. The number of rotatable bonds is 4. The van der Waals surface area contributed by atoms with Crippen molar-refractivity contribution in [1.82, 2.24) is 0 Å². The Morgan fingerprint density at radius 2 is 1.65 bits per heavy atom. The van der Waals surface area contributed by atoms with E-state index in [9.17, 15) is 0 Å². The number of nitrogens with one attached hydrogen (secondary N) is 2. The van der Waals surface area contributed by atoms with Crippen molar-refractivity contribution in [2.24, 2.45) is 0 Å². The normalized spacial score (nSPS) is 11.6. The monoisotopic (exact) mass is 250 g/mol. The molecular weight excluding hydrogens is 224 g/mol. The van der Waals surface area contributed by atoms with Gasteiger partial charge < -0.3 is 10.6 Å². The van der Waals surface area contributed by atoms with Crippen molar-refractivity contribution in [3.05, 3.63) is 17.7 Å². The standard InChI is InChI=1S/C14H26N2Si/c1-6-15-10-8-9-11(17)12(14(3,4)5)13(10)16-7-2/h8-9,15-16H,6-7H2,1-5,17H3. The molecule has 96 valence electrons. The second-order valence-corrected chi connectivity index (χ2v) is 6.57. The highest BCUT2D eigenvalue weighted by Crippen LogP contribution is 2.33. The Balaban J connectivity index is 3.37. The Hall–Kier alpha value is -0.963. The van der Waals surface area contributed by atoms with Crippen molar-refractivity contribution < 1.29 is 0 Å². The van der Waals surface area contributed by atoms with Gasteiger partial charge in [0.05, 0.1) is 11.4 Å². The zero-order valence-corrected chi connectivity index (χ0v) is 14.1. The predicted molar refractivity (Wildman–Crippen MR) is 83.0 cm³/mol. The molecule has 0 aliphatic rings. The van der Waals surface area contributed by atoms with Crippen molar-refractivity contribution in [2.75, 3.05) is 23.7 Å². The molecule has 0 aromatic heterocycles. The maximum absolute atomic E-state index is 3.54. The van der Waals surface area contributed by atoms with Gasteiger partial charge in [-0.2, -0.15) is 0 Å². The maximum atomic E-state index is 3.54. The van der Waals surface area contributed by atoms with Crippen LogP contribution in [0.5, 0.6) is 0 Å². The SMILES string of the molecule is CCNc1ccc([SiH3])c(C(C)(C)C)c1NCC. The number of anilines is 2. The van der Waals surface area contributed by atoms with E-state index in [1.54, 1.807) is 0 Å². The van der Waals surface area contributed by atoms with Gasteiger partial charge in [0.2, 0.25) is 0 Å². The smallest absolute Gasteiger partial charge is 0.0612 e. The highest BCUT2D eigenvalue weighted by atomic mass is 28.1. The van der Waals surface area contributed by atoms with E-state index in [0.29, 0.717) is 0 Å². The zero-order valence-electron chi connectivity index (χ0n) is 12.1. The molecule has 0 fully saturated rings. The van der Waals surface area contributed by atoms with Gasteiger partial charge in [-0.1, -0.05) is 32.0 Å². The van der Waals surface area contributed by atoms with Crippen molar-refractivity contribution in [2.45, 2.75) is 40.0 Å². The van der Waals surface area contributed by atoms with E-state index in [1.165, 1.54) is 22.1 Å². The van der Waals surface area contributed by atoms with Crippen LogP contribution in [-0.2, 0) is 5.41 Å². The summed E-state index contributed by atoms with van der Waals surface area (Å²) >= 11 is 0. The number of hydrogen-bond donors (Lipinski definition) is 2. The molecule has 1 aromatic carbocycles. The maximum Gasteiger partial charge on any atom is 0.0612 e. The molecule has 0 saturated heterocycles. The van der Waals surface area contributed by atoms with E-state index in [4.69, 9.17) is 0 Å². The van der Waals surface area contributed by atoms with E-state index in [1.807, 2.05) is 0 Å². The van der Waals surface area contributed by atoms with Crippen LogP contribution < -0.4 is 15.8 Å². The minimum atomic E-state index is 0.194. The van der Waals surface area contributed by atoms with Crippen molar-refractivity contribution >= 4 is 26.8 Å². The molecule has 0 saturated carbocycles. The van der Waals surface area contributed by atoms with E-state index in [2.05, 4.69) is 57.4 Å². The molecule has 0 unspecified atom stereocenters. The molecule has 2 nitrogen and oxygen atoms in total. The van der Waals surface area contributed by atoms with Crippen molar-refractivity contribution in [3.8, 4) is 0 Å². The summed E-state index contributed by atoms with van der Waals surface area (Å²) in [5.74, 6) is 0. The lowest BCUT2D eigenvalue weighted by molar-refractivity contribution is 0.596. The third-order valence-electron chi connectivity index (χ3n) is 2.88. The molecule has 0 spiro atoms. The molecule has 0 atom stereocenters. The molecule has 0 radical (unpaired) electrons. The second kappa shape index (κ2) is 5.58. The number of hydrogen-bond acceptors (Lipinski definition) is 2. The van der Waals surface area contributed by atoms with Gasteiger partial charge in [0.1, 0.15) is 0 Å². The first-order chi connectivity index (χ1) is 7.91. The van der Waals surface area contributed by atoms with Gasteiger partial charge in [-0.25, -0.2) is 0 Å². The fraction of sp³-hybridized carbons (Fsp3) is 0.571. The molecule has 0 aliphatic heterocycles. The summed E-state index contributed by atoms with van der Waals surface area (Å²) in [6.07, 6.45) is 0. The van der Waals surface area contributed by atoms with Gasteiger partial charge in [-0.05, 0) is 30.9 Å². The van der Waals surface area contributed by atoms with Crippen molar-refractivity contribution in [1.29, 1.82) is 0 Å². The average molecular weight is 250 g/mol. The van der Waals surface area contributed by atoms with E-state index < -0.39 is 0 Å². The lowest BCUT2D eigenvalue weighted by Gasteiger charge is -2.28. The first-order valence-corrected chi connectivity index (χ1v) is 7.53. The summed E-state index contributed by atoms with van der Waals surface area (Å²) in [5.41, 5.74) is 4.21. The summed E-state index contributed by atoms with van der Waals surface area (Å²) in [4.78, 5) is 0. The summed E-state index contributed by atoms with van der Waals surface area (Å²) in [7, 11) is 1.10. The van der Waals surface area contributed by atoms with Crippen LogP contribution in [0.2, 0.25) is 0 Å². The molecule has 1 rings (SSSR count). The lowest BCUT2D eigenvalue weighted by atomic mass is 9.85. The van der Waals surface area contributed by atoms with E-state index in [-0.39, 0.29) is 5.41 Å². The summed E-state index contributed by atoms with van der Waals surface area (Å²) in [5, 5.41) is 8.49. The molecule has 0 aliphatic carbocycles. The fourth-order valence-electron chi connectivity index (χ4n) is 2.37. The Bertz CT molecular complexity index is 381. The Kier molecular flexibility index (Phi) is 4.63. The minimum Gasteiger partial charge on any atom is -0.384 e. The zero-order chi connectivity index (χ0) is 13.1. The molecule has 17 heavy (non-hydrogen) atoms. The quantitative estimate of drug-likeness (QED) is 0.797. The van der Waals surface area contributed by atoms with Crippen LogP contribution in [0.25, 0.3) is 0 Å². The largest absolute Gasteiger partial charge is 0.384 e. The Morgan fingerprint density at radius 1 is 1.06 bits per heavy atom. The summed E-state index contributed by atoms with van der Waals surface area (Å²) < 4.78 is 0. The third-order valence-corrected chi connectivity index (χ3v) is 3.72. The molecule has 0 amide bonds. The first kappa shape index (κ1) is 14.1. The molecule has 3 heteroatoms. The van der Waals surface area contributed by atoms with Gasteiger partial charge in [0.15, 0.2) is 0 Å². The summed E-state index contributed by atoms with van der Waals surface area (Å²) in [6.45, 7) is 13.1. The fourth-order valence-corrected chi connectivity index (χ4v) is 3.54. The van der Waals surface area contributed by atoms with Gasteiger partial charge in [0, 0.05) is 23.3 Å². The molecular formula is C14H26N2Si. The van der Waals surface area contributed by atoms with E-state index >= 15 is 0 Å². The molecule has 2 N–H and O–H groups in total. The van der Waals surface area contributed by atoms with Crippen molar-refractivity contribution in [3.63, 3.8) is 0 Å². The Morgan fingerprint density at radius 3 is 2.12 bits per heavy atom. The van der Waals surface area contributed by atoms with Crippen LogP contribution >= 0.6 is 0 Å². The average Bonchev–Trinajstić information content (AvgIpc) is 2.21. The summed E-state index contributed by atoms with van der Waals surface area (Å²) in [6, 6.07) is 4.48. The first-order valence-electron chi connectivity index (χ1n) is 6.53. The van der Waals surface area contributed by atoms with Crippen LogP contribution in [-0.4, -0.2) is 23.3 Å². The second-order valence-electron chi connectivity index (χ2n) is 5.49. The van der Waals surface area contributed by atoms with Gasteiger partial charge >= 0.3 is 0 Å². The number of benzene rings is 1. The molecule has 0 heterocycles. The topological polar surface area (TPSA) is 24.1 Å². The van der Waals surface area contributed by atoms with Crippen LogP contribution in [0.15, 0.2) is 12.1 Å².